The van der Waals surface area contributed by atoms with E-state index >= 15 is 0 Å². The van der Waals surface area contributed by atoms with Crippen molar-refractivity contribution in [3.63, 3.8) is 0 Å². The molecule has 0 radical (unpaired) electrons. The van der Waals surface area contributed by atoms with Crippen molar-refractivity contribution in [1.82, 2.24) is 3.71 Å². The van der Waals surface area contributed by atoms with Crippen molar-refractivity contribution >= 4 is 31.7 Å². The molecule has 0 bridgehead atoms. The summed E-state index contributed by atoms with van der Waals surface area (Å²) in [6.07, 6.45) is -1.48. The summed E-state index contributed by atoms with van der Waals surface area (Å²) in [5, 5.41) is 0. The molecule has 60 valence electrons. The second-order valence-corrected chi connectivity index (χ2v) is 3.04. The predicted octanol–water partition coefficient (Wildman–Crippen LogP) is -2.99. The van der Waals surface area contributed by atoms with Gasteiger partial charge in [0, 0.05) is 0 Å². The number of hydrogen-bond acceptors (Lipinski definition) is 7. The van der Waals surface area contributed by atoms with Crippen LogP contribution in [0, 0.1) is 10.2 Å². The zero-order valence-electron chi connectivity index (χ0n) is 4.26. The third-order valence-electron chi connectivity index (χ3n) is 0.324. The molecule has 0 rings (SSSR count). The summed E-state index contributed by atoms with van der Waals surface area (Å²) in [4.78, 5) is 10.1. The maximum absolute atomic E-state index is 10.1. The van der Waals surface area contributed by atoms with Crippen LogP contribution in [0.4, 0.5) is 4.79 Å². The standard InChI is InChI=1S/CH2ClNO5S2/c4-1(3(9)10)8-2(5,6)7/h9-10H. The third kappa shape index (κ3) is 4.97. The van der Waals surface area contributed by atoms with Gasteiger partial charge in [0.05, 0.1) is 0 Å². The van der Waals surface area contributed by atoms with Crippen molar-refractivity contribution in [2.75, 3.05) is 0 Å². The highest BCUT2D eigenvalue weighted by Gasteiger charge is 2.28. The van der Waals surface area contributed by atoms with Gasteiger partial charge in [-0.1, -0.05) is 0 Å². The fraction of sp³-hybridized carbons (Fsp3) is 0. The lowest BCUT2D eigenvalue weighted by atomic mass is 11.3. The zero-order chi connectivity index (χ0) is 8.36. The molecule has 0 heterocycles. The van der Waals surface area contributed by atoms with Gasteiger partial charge >= 0.3 is 6.09 Å². The topological polar surface area (TPSA) is 98.7 Å². The maximum atomic E-state index is 10.1. The summed E-state index contributed by atoms with van der Waals surface area (Å²) in [6, 6.07) is 0. The number of amides is 1. The minimum atomic E-state index is -4.75. The minimum Gasteiger partial charge on any atom is -0.207 e. The summed E-state index contributed by atoms with van der Waals surface area (Å²) in [5.41, 5.74) is 0. The molecule has 0 aromatic rings. The van der Waals surface area contributed by atoms with E-state index in [-0.39, 0.29) is 3.71 Å². The van der Waals surface area contributed by atoms with Gasteiger partial charge in [0.25, 0.3) is 0 Å². The van der Waals surface area contributed by atoms with Crippen LogP contribution >= 0.6 is 25.6 Å². The fourth-order valence-electron chi connectivity index (χ4n) is 0.112. The Hall–Kier alpha value is 0.140. The lowest BCUT2D eigenvalue weighted by molar-refractivity contribution is -1.92. The minimum absolute atomic E-state index is 0.211. The van der Waals surface area contributed by atoms with Gasteiger partial charge in [-0.15, -0.1) is 0 Å². The third-order valence-corrected chi connectivity index (χ3v) is 0.971. The molecule has 0 saturated heterocycles. The molecule has 6 nitrogen and oxygen atoms in total. The Morgan fingerprint density at radius 3 is 1.90 bits per heavy atom. The Labute approximate surface area is 69.2 Å². The number of carbonyl (C=O) groups excluding carboxylic acids is 1. The predicted molar refractivity (Wildman–Crippen MR) is 26.3 cm³/mol. The Balaban J connectivity index is 3.81. The van der Waals surface area contributed by atoms with Crippen molar-refractivity contribution in [3.8, 4) is 0 Å². The molecule has 1 amide bonds. The van der Waals surface area contributed by atoms with Crippen LogP contribution in [-0.2, 0) is 4.29 Å². The molecule has 0 aromatic carbocycles. The number of rotatable bonds is 1. The van der Waals surface area contributed by atoms with E-state index in [4.69, 9.17) is 0 Å². The van der Waals surface area contributed by atoms with Crippen LogP contribution in [0.15, 0.2) is 0 Å². The fourth-order valence-corrected chi connectivity index (χ4v) is 0.520. The van der Waals surface area contributed by atoms with Gasteiger partial charge in [-0.25, -0.2) is 4.79 Å². The zero-order valence-corrected chi connectivity index (χ0v) is 6.81. The molecule has 0 aliphatic heterocycles. The van der Waals surface area contributed by atoms with Crippen LogP contribution in [0.3, 0.4) is 0 Å². The van der Waals surface area contributed by atoms with Crippen molar-refractivity contribution in [2.45, 2.75) is 0 Å². The van der Waals surface area contributed by atoms with Gasteiger partial charge in [-0.3, -0.25) is 0 Å². The molecule has 0 atom stereocenters. The molecular formula is CH2ClNO5S2. The first-order chi connectivity index (χ1) is 4.33. The van der Waals surface area contributed by atoms with Crippen LogP contribution in [-0.4, -0.2) is 9.80 Å². The van der Waals surface area contributed by atoms with Gasteiger partial charge in [-0.2, -0.15) is 17.7 Å². The largest absolute Gasteiger partial charge is 0.584 e. The van der Waals surface area contributed by atoms with E-state index in [0.717, 1.165) is 0 Å². The average Bonchev–Trinajstić information content (AvgIpc) is 1.60. The molecule has 10 heavy (non-hydrogen) atoms. The molecule has 0 N–H and O–H groups in total. The SMILES string of the molecule is O=C(O[Cl+3]([O-])([O-])[O-])N(S)S. The Kier molecular flexibility index (Phi) is 3.56. The Morgan fingerprint density at radius 2 is 1.80 bits per heavy atom. The molecule has 0 spiro atoms. The number of nitrogens with zero attached hydrogens (tertiary/aromatic N) is 1. The number of halogens is 1. The van der Waals surface area contributed by atoms with Crippen LogP contribution in [0.2, 0.25) is 0 Å². The van der Waals surface area contributed by atoms with E-state index in [1.165, 1.54) is 0 Å². The van der Waals surface area contributed by atoms with Gasteiger partial charge in [0.1, 0.15) is 10.2 Å². The maximum Gasteiger partial charge on any atom is 0.584 e. The smallest absolute Gasteiger partial charge is 0.207 e. The number of hydrogen-bond donors (Lipinski definition) is 2. The molecule has 0 aromatic heterocycles. The highest BCUT2D eigenvalue weighted by molar-refractivity contribution is 7.94. The second kappa shape index (κ2) is 3.51. The van der Waals surface area contributed by atoms with Gasteiger partial charge in [-0.05, 0) is 29.9 Å². The lowest BCUT2D eigenvalue weighted by Crippen LogP contribution is -2.62. The van der Waals surface area contributed by atoms with Crippen LogP contribution < -0.4 is 14.0 Å². The summed E-state index contributed by atoms with van der Waals surface area (Å²) >= 11 is 6.44. The molecule has 0 fully saturated rings. The van der Waals surface area contributed by atoms with E-state index in [1.807, 2.05) is 0 Å². The van der Waals surface area contributed by atoms with Crippen molar-refractivity contribution in [1.29, 1.82) is 0 Å². The first kappa shape index (κ1) is 10.1. The summed E-state index contributed by atoms with van der Waals surface area (Å²) in [6.45, 7) is 0. The van der Waals surface area contributed by atoms with Gasteiger partial charge in [0.15, 0.2) is 0 Å². The quantitative estimate of drug-likeness (QED) is 0.447. The first-order valence-corrected chi connectivity index (χ1v) is 3.68. The lowest BCUT2D eigenvalue weighted by Gasteiger charge is -2.11. The highest BCUT2D eigenvalue weighted by Crippen LogP contribution is 2.03. The monoisotopic (exact) mass is 207 g/mol. The van der Waals surface area contributed by atoms with E-state index < -0.39 is 16.3 Å². The number of thiol groups is 2. The molecule has 0 aliphatic carbocycles. The average molecular weight is 208 g/mol. The van der Waals surface area contributed by atoms with E-state index in [0.29, 0.717) is 0 Å². The van der Waals surface area contributed by atoms with Gasteiger partial charge < -0.3 is 0 Å². The van der Waals surface area contributed by atoms with E-state index in [9.17, 15) is 18.8 Å². The summed E-state index contributed by atoms with van der Waals surface area (Å²) in [5.74, 6) is 0. The van der Waals surface area contributed by atoms with Crippen LogP contribution in [0.1, 0.15) is 0 Å². The Morgan fingerprint density at radius 1 is 1.40 bits per heavy atom. The number of carbonyl (C=O) groups is 1. The normalized spacial score (nSPS) is 10.9. The summed E-state index contributed by atoms with van der Waals surface area (Å²) < 4.78 is 32.3. The van der Waals surface area contributed by atoms with Crippen molar-refractivity contribution < 1.29 is 33.3 Å². The van der Waals surface area contributed by atoms with Crippen molar-refractivity contribution in [2.24, 2.45) is 0 Å². The highest BCUT2D eigenvalue weighted by atomic mass is 35.7. The molecule has 9 heteroatoms. The van der Waals surface area contributed by atoms with Gasteiger partial charge in [0.2, 0.25) is 0 Å². The van der Waals surface area contributed by atoms with E-state index in [1.54, 1.807) is 0 Å². The summed E-state index contributed by atoms with van der Waals surface area (Å²) in [7, 11) is -4.75. The molecule has 0 aliphatic rings. The molecular weight excluding hydrogens is 206 g/mol. The second-order valence-electron chi connectivity index (χ2n) is 1.01. The first-order valence-electron chi connectivity index (χ1n) is 1.65. The van der Waals surface area contributed by atoms with Crippen LogP contribution in [0.5, 0.6) is 0 Å². The molecule has 0 saturated carbocycles. The van der Waals surface area contributed by atoms with Crippen molar-refractivity contribution in [3.05, 3.63) is 0 Å². The molecule has 0 unspecified atom stereocenters. The van der Waals surface area contributed by atoms with Crippen LogP contribution in [0.25, 0.3) is 0 Å². The Bertz CT molecular complexity index is 132. The van der Waals surface area contributed by atoms with E-state index in [2.05, 4.69) is 29.9 Å².